The smallest absolute Gasteiger partial charge is 0.323 e. The fraction of sp³-hybridized carbons (Fsp3) is 0.312. The molecular weight excluding hydrogens is 578 g/mol. The third-order valence-electron chi connectivity index (χ3n) is 7.76. The van der Waals surface area contributed by atoms with Crippen molar-refractivity contribution in [3.8, 4) is 17.2 Å². The molecule has 3 aromatic carbocycles. The lowest BCUT2D eigenvalue weighted by molar-refractivity contribution is 0.124. The SMILES string of the molecule is COc1ccc(C)cc1NC(=O)Nc1ccc2nc(Nc3ncnc4cc(OC(C)C5CCNCC5)c(OC)cc34)sc2c1. The second-order valence-corrected chi connectivity index (χ2v) is 11.8. The number of thiazole rings is 1. The predicted molar refractivity (Wildman–Crippen MR) is 175 cm³/mol. The molecule has 0 bridgehead atoms. The number of urea groups is 1. The van der Waals surface area contributed by atoms with Crippen molar-refractivity contribution in [3.05, 3.63) is 60.4 Å². The molecule has 12 heteroatoms. The van der Waals surface area contributed by atoms with Crippen molar-refractivity contribution >= 4 is 60.8 Å². The number of methoxy groups -OCH3 is 2. The van der Waals surface area contributed by atoms with Gasteiger partial charge in [-0.25, -0.2) is 19.7 Å². The van der Waals surface area contributed by atoms with Crippen molar-refractivity contribution in [2.45, 2.75) is 32.8 Å². The molecule has 1 unspecified atom stereocenters. The number of anilines is 4. The van der Waals surface area contributed by atoms with Gasteiger partial charge >= 0.3 is 6.03 Å². The first-order chi connectivity index (χ1) is 21.4. The van der Waals surface area contributed by atoms with Gasteiger partial charge in [-0.15, -0.1) is 0 Å². The van der Waals surface area contributed by atoms with Gasteiger partial charge in [-0.1, -0.05) is 17.4 Å². The fourth-order valence-electron chi connectivity index (χ4n) is 5.39. The summed E-state index contributed by atoms with van der Waals surface area (Å²) in [4.78, 5) is 26.5. The number of rotatable bonds is 9. The molecule has 1 saturated heterocycles. The average Bonchev–Trinajstić information content (AvgIpc) is 3.43. The normalized spacial score (nSPS) is 14.3. The number of carbonyl (C=O) groups is 1. The highest BCUT2D eigenvalue weighted by atomic mass is 32.1. The maximum Gasteiger partial charge on any atom is 0.323 e. The van der Waals surface area contributed by atoms with Crippen LogP contribution in [0.2, 0.25) is 0 Å². The lowest BCUT2D eigenvalue weighted by Gasteiger charge is -2.29. The molecule has 0 spiro atoms. The Morgan fingerprint density at radius 3 is 2.57 bits per heavy atom. The second kappa shape index (κ2) is 12.9. The van der Waals surface area contributed by atoms with Crippen LogP contribution in [0.3, 0.4) is 0 Å². The number of carbonyl (C=O) groups excluding carboxylic acids is 1. The number of amides is 2. The molecule has 2 aromatic heterocycles. The fourth-order valence-corrected chi connectivity index (χ4v) is 6.29. The second-order valence-electron chi connectivity index (χ2n) is 10.8. The van der Waals surface area contributed by atoms with Crippen molar-refractivity contribution in [1.29, 1.82) is 0 Å². The quantitative estimate of drug-likeness (QED) is 0.143. The van der Waals surface area contributed by atoms with Gasteiger partial charge in [0.25, 0.3) is 0 Å². The van der Waals surface area contributed by atoms with Crippen LogP contribution in [0, 0.1) is 12.8 Å². The van der Waals surface area contributed by atoms with Crippen molar-refractivity contribution in [3.63, 3.8) is 0 Å². The lowest BCUT2D eigenvalue weighted by atomic mass is 9.93. The summed E-state index contributed by atoms with van der Waals surface area (Å²) in [6.07, 6.45) is 3.75. The van der Waals surface area contributed by atoms with Gasteiger partial charge in [-0.3, -0.25) is 0 Å². The van der Waals surface area contributed by atoms with E-state index in [0.717, 1.165) is 52.6 Å². The molecule has 4 N–H and O–H groups in total. The molecule has 6 rings (SSSR count). The number of hydrogen-bond acceptors (Lipinski definition) is 10. The molecule has 0 aliphatic carbocycles. The summed E-state index contributed by atoms with van der Waals surface area (Å²) in [7, 11) is 3.21. The van der Waals surface area contributed by atoms with E-state index < -0.39 is 0 Å². The number of benzene rings is 3. The standard InChI is InChI=1S/C32H35N7O4S/c1-18-5-8-26(41-3)25(13-18)37-31(40)36-21-6-7-23-29(14-21)44-32(38-23)39-30-22-15-27(42-4)28(16-24(22)34-17-35-30)43-19(2)20-9-11-33-12-10-20/h5-8,13-17,19-20,33H,9-12H2,1-4H3,(H2,36,37,40)(H,34,35,38,39). The number of fused-ring (bicyclic) bond motifs is 2. The molecule has 1 aliphatic rings. The number of hydrogen-bond donors (Lipinski definition) is 4. The number of piperidine rings is 1. The van der Waals surface area contributed by atoms with E-state index in [1.54, 1.807) is 14.2 Å². The number of aryl methyl sites for hydroxylation is 1. The first kappa shape index (κ1) is 29.4. The Balaban J connectivity index is 1.19. The summed E-state index contributed by atoms with van der Waals surface area (Å²) in [5.74, 6) is 2.97. The van der Waals surface area contributed by atoms with Crippen LogP contribution in [0.25, 0.3) is 21.1 Å². The average molecular weight is 614 g/mol. The number of nitrogens with one attached hydrogen (secondary N) is 4. The molecule has 3 heterocycles. The Bertz CT molecular complexity index is 1810. The highest BCUT2D eigenvalue weighted by molar-refractivity contribution is 7.22. The topological polar surface area (TPSA) is 132 Å². The van der Waals surface area contributed by atoms with Crippen LogP contribution in [0.15, 0.2) is 54.9 Å². The van der Waals surface area contributed by atoms with Crippen LogP contribution in [0.5, 0.6) is 17.2 Å². The first-order valence-electron chi connectivity index (χ1n) is 14.5. The number of nitrogens with zero attached hydrogens (tertiary/aromatic N) is 3. The van der Waals surface area contributed by atoms with Gasteiger partial charge in [0.05, 0.1) is 41.7 Å². The Morgan fingerprint density at radius 2 is 1.77 bits per heavy atom. The first-order valence-corrected chi connectivity index (χ1v) is 15.3. The van der Waals surface area contributed by atoms with E-state index in [-0.39, 0.29) is 12.1 Å². The van der Waals surface area contributed by atoms with Gasteiger partial charge in [0.1, 0.15) is 17.9 Å². The zero-order chi connectivity index (χ0) is 30.6. The van der Waals surface area contributed by atoms with Gasteiger partial charge in [0.15, 0.2) is 16.6 Å². The van der Waals surface area contributed by atoms with E-state index in [0.29, 0.717) is 45.5 Å². The summed E-state index contributed by atoms with van der Waals surface area (Å²) < 4.78 is 18.4. The van der Waals surface area contributed by atoms with Crippen molar-refractivity contribution in [1.82, 2.24) is 20.3 Å². The molecule has 1 fully saturated rings. The van der Waals surface area contributed by atoms with Gasteiger partial charge < -0.3 is 35.5 Å². The largest absolute Gasteiger partial charge is 0.495 e. The van der Waals surface area contributed by atoms with Crippen LogP contribution in [0.4, 0.5) is 27.1 Å². The number of ether oxygens (including phenoxy) is 3. The Kier molecular flexibility index (Phi) is 8.62. The van der Waals surface area contributed by atoms with Gasteiger partial charge in [-0.2, -0.15) is 0 Å². The van der Waals surface area contributed by atoms with Gasteiger partial charge in [0.2, 0.25) is 0 Å². The van der Waals surface area contributed by atoms with E-state index in [1.807, 2.05) is 55.5 Å². The zero-order valence-corrected chi connectivity index (χ0v) is 25.9. The summed E-state index contributed by atoms with van der Waals surface area (Å²) in [5.41, 5.74) is 3.78. The van der Waals surface area contributed by atoms with Crippen LogP contribution in [-0.4, -0.2) is 54.4 Å². The minimum atomic E-state index is -0.369. The third kappa shape index (κ3) is 6.46. The van der Waals surface area contributed by atoms with E-state index in [2.05, 4.69) is 38.2 Å². The zero-order valence-electron chi connectivity index (χ0n) is 25.1. The van der Waals surface area contributed by atoms with E-state index >= 15 is 0 Å². The van der Waals surface area contributed by atoms with Gasteiger partial charge in [0, 0.05) is 17.1 Å². The summed E-state index contributed by atoms with van der Waals surface area (Å²) in [6.45, 7) is 6.10. The highest BCUT2D eigenvalue weighted by Crippen LogP contribution is 2.37. The molecule has 44 heavy (non-hydrogen) atoms. The number of aromatic nitrogens is 3. The van der Waals surface area contributed by atoms with Crippen molar-refractivity contribution < 1.29 is 19.0 Å². The van der Waals surface area contributed by atoms with E-state index in [9.17, 15) is 4.79 Å². The molecular formula is C32H35N7O4S. The van der Waals surface area contributed by atoms with Crippen molar-refractivity contribution in [2.75, 3.05) is 43.3 Å². The summed E-state index contributed by atoms with van der Waals surface area (Å²) in [5, 5.41) is 14.0. The predicted octanol–water partition coefficient (Wildman–Crippen LogP) is 6.72. The monoisotopic (exact) mass is 613 g/mol. The molecule has 11 nitrogen and oxygen atoms in total. The van der Waals surface area contributed by atoms with Crippen LogP contribution >= 0.6 is 11.3 Å². The molecule has 0 radical (unpaired) electrons. The van der Waals surface area contributed by atoms with Crippen LogP contribution in [0.1, 0.15) is 25.3 Å². The Labute approximate surface area is 259 Å². The molecule has 228 valence electrons. The van der Waals surface area contributed by atoms with Crippen molar-refractivity contribution in [2.24, 2.45) is 5.92 Å². The Morgan fingerprint density at radius 1 is 0.955 bits per heavy atom. The molecule has 2 amide bonds. The molecule has 1 aliphatic heterocycles. The van der Waals surface area contributed by atoms with Crippen LogP contribution in [-0.2, 0) is 0 Å². The van der Waals surface area contributed by atoms with E-state index in [4.69, 9.17) is 19.2 Å². The molecule has 0 saturated carbocycles. The Hall–Kier alpha value is -4.68. The molecule has 5 aromatic rings. The summed E-state index contributed by atoms with van der Waals surface area (Å²) in [6, 6.07) is 14.6. The summed E-state index contributed by atoms with van der Waals surface area (Å²) >= 11 is 1.46. The minimum absolute atomic E-state index is 0.0569. The van der Waals surface area contributed by atoms with E-state index in [1.165, 1.54) is 17.7 Å². The van der Waals surface area contributed by atoms with Gasteiger partial charge in [-0.05, 0) is 87.7 Å². The van der Waals surface area contributed by atoms with Crippen LogP contribution < -0.4 is 35.5 Å². The highest BCUT2D eigenvalue weighted by Gasteiger charge is 2.23. The maximum absolute atomic E-state index is 12.7. The molecule has 1 atom stereocenters. The lowest BCUT2D eigenvalue weighted by Crippen LogP contribution is -2.35. The maximum atomic E-state index is 12.7. The minimum Gasteiger partial charge on any atom is -0.495 e. The third-order valence-corrected chi connectivity index (χ3v) is 8.69.